The minimum atomic E-state index is 0.665. The Morgan fingerprint density at radius 3 is 2.38 bits per heavy atom. The average Bonchev–Trinajstić information content (AvgIpc) is 2.60. The van der Waals surface area contributed by atoms with E-state index in [1.165, 1.54) is 5.69 Å². The Labute approximate surface area is 97.4 Å². The predicted octanol–water partition coefficient (Wildman–Crippen LogP) is -0.298. The van der Waals surface area contributed by atoms with Gasteiger partial charge >= 0.3 is 0 Å². The predicted molar refractivity (Wildman–Crippen MR) is 66.0 cm³/mol. The second-order valence-corrected chi connectivity index (χ2v) is 3.96. The zero-order valence-corrected chi connectivity index (χ0v) is 10.3. The highest BCUT2D eigenvalue weighted by Gasteiger charge is 2.08. The van der Waals surface area contributed by atoms with Crippen LogP contribution in [0.3, 0.4) is 0 Å². The monoisotopic (exact) mass is 225 g/mol. The molecule has 0 atom stereocenters. The van der Waals surface area contributed by atoms with E-state index in [2.05, 4.69) is 23.0 Å². The summed E-state index contributed by atoms with van der Waals surface area (Å²) in [7, 11) is 1.98. The molecule has 92 valence electrons. The molecule has 0 aliphatic carbocycles. The molecule has 0 amide bonds. The molecular weight excluding hydrogens is 202 g/mol. The largest absolute Gasteiger partial charge is 0.329 e. The van der Waals surface area contributed by atoms with Crippen molar-refractivity contribution in [1.82, 2.24) is 14.7 Å². The van der Waals surface area contributed by atoms with Crippen molar-refractivity contribution in [3.8, 4) is 0 Å². The number of hydrogen-bond acceptors (Lipinski definition) is 4. The molecule has 0 radical (unpaired) electrons. The van der Waals surface area contributed by atoms with Crippen molar-refractivity contribution in [3.05, 3.63) is 17.5 Å². The minimum Gasteiger partial charge on any atom is -0.329 e. The topological polar surface area (TPSA) is 73.1 Å². The lowest BCUT2D eigenvalue weighted by molar-refractivity contribution is 0.273. The van der Waals surface area contributed by atoms with Gasteiger partial charge in [0.05, 0.1) is 11.4 Å². The van der Waals surface area contributed by atoms with E-state index in [4.69, 9.17) is 11.5 Å². The summed E-state index contributed by atoms with van der Waals surface area (Å²) in [4.78, 5) is 2.26. The molecule has 1 rings (SSSR count). The number of rotatable bonds is 7. The second-order valence-electron chi connectivity index (χ2n) is 3.96. The van der Waals surface area contributed by atoms with E-state index < -0.39 is 0 Å². The van der Waals surface area contributed by atoms with Crippen LogP contribution in [-0.4, -0.2) is 40.9 Å². The Balaban J connectivity index is 2.64. The lowest BCUT2D eigenvalue weighted by atomic mass is 10.3. The van der Waals surface area contributed by atoms with Crippen LogP contribution in [-0.2, 0) is 20.0 Å². The summed E-state index contributed by atoms with van der Waals surface area (Å²) >= 11 is 0. The highest BCUT2D eigenvalue weighted by molar-refractivity contribution is 5.10. The van der Waals surface area contributed by atoms with Gasteiger partial charge in [0.1, 0.15) is 0 Å². The third kappa shape index (κ3) is 3.59. The quantitative estimate of drug-likeness (QED) is 0.668. The maximum atomic E-state index is 5.58. The third-order valence-corrected chi connectivity index (χ3v) is 2.67. The third-order valence-electron chi connectivity index (χ3n) is 2.67. The molecular formula is C11H23N5. The van der Waals surface area contributed by atoms with Gasteiger partial charge in [0.25, 0.3) is 0 Å². The van der Waals surface area contributed by atoms with E-state index in [1.54, 1.807) is 0 Å². The lowest BCUT2D eigenvalue weighted by Crippen LogP contribution is -2.34. The van der Waals surface area contributed by atoms with Crippen LogP contribution in [0, 0.1) is 0 Å². The van der Waals surface area contributed by atoms with Gasteiger partial charge in [-0.3, -0.25) is 9.58 Å². The SMILES string of the molecule is CCc1cc(CN(CCN)CCN)n(C)n1. The molecule has 0 fully saturated rings. The van der Waals surface area contributed by atoms with E-state index in [1.807, 2.05) is 11.7 Å². The van der Waals surface area contributed by atoms with Gasteiger partial charge in [-0.2, -0.15) is 5.10 Å². The fourth-order valence-corrected chi connectivity index (χ4v) is 1.76. The number of aromatic nitrogens is 2. The summed E-state index contributed by atoms with van der Waals surface area (Å²) in [6, 6.07) is 2.15. The van der Waals surface area contributed by atoms with E-state index in [-0.39, 0.29) is 0 Å². The normalized spacial score (nSPS) is 11.3. The van der Waals surface area contributed by atoms with Gasteiger partial charge in [0.15, 0.2) is 0 Å². The smallest absolute Gasteiger partial charge is 0.0625 e. The van der Waals surface area contributed by atoms with E-state index in [0.29, 0.717) is 13.1 Å². The molecule has 1 heterocycles. The van der Waals surface area contributed by atoms with Crippen molar-refractivity contribution in [3.63, 3.8) is 0 Å². The molecule has 0 aliphatic rings. The molecule has 4 N–H and O–H groups in total. The van der Waals surface area contributed by atoms with E-state index >= 15 is 0 Å². The highest BCUT2D eigenvalue weighted by atomic mass is 15.3. The van der Waals surface area contributed by atoms with Gasteiger partial charge in [0, 0.05) is 39.8 Å². The molecule has 5 nitrogen and oxygen atoms in total. The number of nitrogens with two attached hydrogens (primary N) is 2. The first-order chi connectivity index (χ1) is 7.71. The first kappa shape index (κ1) is 13.2. The summed E-state index contributed by atoms with van der Waals surface area (Å²) in [6.07, 6.45) is 0.974. The standard InChI is InChI=1S/C11H23N5/c1-3-10-8-11(15(2)14-10)9-16(6-4-12)7-5-13/h8H,3-7,9,12-13H2,1-2H3. The van der Waals surface area contributed by atoms with Crippen LogP contribution in [0.15, 0.2) is 6.07 Å². The van der Waals surface area contributed by atoms with Crippen LogP contribution in [0.2, 0.25) is 0 Å². The average molecular weight is 225 g/mol. The van der Waals surface area contributed by atoms with E-state index in [9.17, 15) is 0 Å². The number of aryl methyl sites for hydroxylation is 2. The fraction of sp³-hybridized carbons (Fsp3) is 0.727. The van der Waals surface area contributed by atoms with Crippen LogP contribution in [0.1, 0.15) is 18.3 Å². The van der Waals surface area contributed by atoms with Crippen molar-refractivity contribution in [2.75, 3.05) is 26.2 Å². The Kier molecular flexibility index (Phi) is 5.45. The highest BCUT2D eigenvalue weighted by Crippen LogP contribution is 2.07. The van der Waals surface area contributed by atoms with Crippen molar-refractivity contribution < 1.29 is 0 Å². The van der Waals surface area contributed by atoms with Crippen molar-refractivity contribution in [2.24, 2.45) is 18.5 Å². The number of nitrogens with zero attached hydrogens (tertiary/aromatic N) is 3. The summed E-state index contributed by atoms with van der Waals surface area (Å²) in [5.74, 6) is 0. The maximum Gasteiger partial charge on any atom is 0.0625 e. The molecule has 1 aromatic rings. The van der Waals surface area contributed by atoms with Gasteiger partial charge in [-0.15, -0.1) is 0 Å². The summed E-state index contributed by atoms with van der Waals surface area (Å²) in [5, 5.41) is 4.43. The van der Waals surface area contributed by atoms with Crippen LogP contribution < -0.4 is 11.5 Å². The van der Waals surface area contributed by atoms with Crippen molar-refractivity contribution in [2.45, 2.75) is 19.9 Å². The molecule has 0 spiro atoms. The molecule has 16 heavy (non-hydrogen) atoms. The van der Waals surface area contributed by atoms with Crippen LogP contribution in [0.25, 0.3) is 0 Å². The Bertz CT molecular complexity index is 301. The maximum absolute atomic E-state index is 5.58. The molecule has 0 saturated carbocycles. The second kappa shape index (κ2) is 6.62. The molecule has 0 aliphatic heterocycles. The Hall–Kier alpha value is -0.910. The van der Waals surface area contributed by atoms with Gasteiger partial charge < -0.3 is 11.5 Å². The van der Waals surface area contributed by atoms with Crippen LogP contribution >= 0.6 is 0 Å². The number of hydrogen-bond donors (Lipinski definition) is 2. The Morgan fingerprint density at radius 2 is 1.94 bits per heavy atom. The van der Waals surface area contributed by atoms with Crippen molar-refractivity contribution in [1.29, 1.82) is 0 Å². The zero-order valence-electron chi connectivity index (χ0n) is 10.3. The van der Waals surface area contributed by atoms with Gasteiger partial charge in [0.2, 0.25) is 0 Å². The van der Waals surface area contributed by atoms with Crippen LogP contribution in [0.5, 0.6) is 0 Å². The molecule has 0 unspecified atom stereocenters. The van der Waals surface area contributed by atoms with Crippen LogP contribution in [0.4, 0.5) is 0 Å². The van der Waals surface area contributed by atoms with Gasteiger partial charge in [-0.05, 0) is 12.5 Å². The Morgan fingerprint density at radius 1 is 1.31 bits per heavy atom. The molecule has 1 aromatic heterocycles. The lowest BCUT2D eigenvalue weighted by Gasteiger charge is -2.20. The minimum absolute atomic E-state index is 0.665. The first-order valence-electron chi connectivity index (χ1n) is 5.85. The van der Waals surface area contributed by atoms with E-state index in [0.717, 1.165) is 31.7 Å². The van der Waals surface area contributed by atoms with Gasteiger partial charge in [-0.1, -0.05) is 6.92 Å². The van der Waals surface area contributed by atoms with Gasteiger partial charge in [-0.25, -0.2) is 0 Å². The first-order valence-corrected chi connectivity index (χ1v) is 5.85. The zero-order chi connectivity index (χ0) is 12.0. The summed E-state index contributed by atoms with van der Waals surface area (Å²) in [6.45, 7) is 6.08. The summed E-state index contributed by atoms with van der Waals surface area (Å²) in [5.41, 5.74) is 13.5. The molecule has 0 bridgehead atoms. The molecule has 0 saturated heterocycles. The molecule has 0 aromatic carbocycles. The molecule has 5 heteroatoms. The fourth-order valence-electron chi connectivity index (χ4n) is 1.76. The van der Waals surface area contributed by atoms with Crippen molar-refractivity contribution >= 4 is 0 Å². The summed E-state index contributed by atoms with van der Waals surface area (Å²) < 4.78 is 1.94.